The van der Waals surface area contributed by atoms with Crippen LogP contribution in [0.1, 0.15) is 5.56 Å². The van der Waals surface area contributed by atoms with Crippen molar-refractivity contribution >= 4 is 10.9 Å². The molecule has 0 saturated heterocycles. The van der Waals surface area contributed by atoms with E-state index in [9.17, 15) is 4.39 Å². The fourth-order valence-corrected chi connectivity index (χ4v) is 2.87. The van der Waals surface area contributed by atoms with Crippen molar-refractivity contribution in [3.05, 3.63) is 66.5 Å². The summed E-state index contributed by atoms with van der Waals surface area (Å²) in [5.41, 5.74) is 3.74. The molecule has 0 aliphatic carbocycles. The van der Waals surface area contributed by atoms with Gasteiger partial charge in [-0.05, 0) is 48.0 Å². The summed E-state index contributed by atoms with van der Waals surface area (Å²) in [5.74, 6) is 0.524. The van der Waals surface area contributed by atoms with Crippen molar-refractivity contribution in [2.24, 2.45) is 0 Å². The minimum absolute atomic E-state index is 0.266. The second-order valence-electron chi connectivity index (χ2n) is 5.49. The van der Waals surface area contributed by atoms with E-state index < -0.39 is 0 Å². The number of H-pyrrole nitrogens is 1. The molecule has 0 amide bonds. The number of halogens is 1. The number of fused-ring (bicyclic) bond motifs is 1. The molecule has 2 aromatic carbocycles. The molecule has 0 spiro atoms. The number of aromatic amines is 1. The Kier molecular flexibility index (Phi) is 3.49. The largest absolute Gasteiger partial charge is 0.497 e. The van der Waals surface area contributed by atoms with Crippen molar-refractivity contribution in [1.82, 2.24) is 19.7 Å². The molecule has 0 aliphatic heterocycles. The molecule has 4 aromatic rings. The molecule has 2 aromatic heterocycles. The Morgan fingerprint density at radius 1 is 1.17 bits per heavy atom. The Bertz CT molecular complexity index is 974. The zero-order valence-electron chi connectivity index (χ0n) is 13.0. The lowest BCUT2D eigenvalue weighted by Crippen LogP contribution is -2.01. The number of nitrogens with zero attached hydrogens (tertiary/aromatic N) is 3. The summed E-state index contributed by atoms with van der Waals surface area (Å²) < 4.78 is 20.6. The van der Waals surface area contributed by atoms with Crippen LogP contribution in [0, 0.1) is 5.82 Å². The quantitative estimate of drug-likeness (QED) is 0.624. The fourth-order valence-electron chi connectivity index (χ4n) is 2.87. The van der Waals surface area contributed by atoms with Gasteiger partial charge in [0.05, 0.1) is 19.3 Å². The predicted molar refractivity (Wildman–Crippen MR) is 89.4 cm³/mol. The van der Waals surface area contributed by atoms with E-state index in [1.54, 1.807) is 24.2 Å². The molecule has 0 bridgehead atoms. The van der Waals surface area contributed by atoms with Gasteiger partial charge in [-0.15, -0.1) is 0 Å². The number of benzene rings is 2. The molecule has 0 radical (unpaired) electrons. The van der Waals surface area contributed by atoms with E-state index in [4.69, 9.17) is 4.74 Å². The first-order chi connectivity index (χ1) is 11.7. The van der Waals surface area contributed by atoms with Gasteiger partial charge in [-0.3, -0.25) is 0 Å². The number of hydrogen-bond acceptors (Lipinski definition) is 3. The predicted octanol–water partition coefficient (Wildman–Crippen LogP) is 3.62. The Balaban J connectivity index is 1.88. The highest BCUT2D eigenvalue weighted by Gasteiger charge is 2.14. The van der Waals surface area contributed by atoms with Gasteiger partial charge in [-0.1, -0.05) is 0 Å². The van der Waals surface area contributed by atoms with E-state index in [0.717, 1.165) is 33.5 Å². The van der Waals surface area contributed by atoms with Crippen LogP contribution in [0.25, 0.3) is 22.2 Å². The van der Waals surface area contributed by atoms with Gasteiger partial charge >= 0.3 is 0 Å². The normalized spacial score (nSPS) is 11.1. The van der Waals surface area contributed by atoms with Crippen LogP contribution in [0.2, 0.25) is 0 Å². The molecule has 6 heteroatoms. The lowest BCUT2D eigenvalue weighted by Gasteiger charge is -2.06. The Morgan fingerprint density at radius 2 is 2.00 bits per heavy atom. The van der Waals surface area contributed by atoms with Gasteiger partial charge in [0, 0.05) is 16.5 Å². The number of nitrogens with one attached hydrogen (secondary N) is 1. The van der Waals surface area contributed by atoms with E-state index >= 15 is 0 Å². The van der Waals surface area contributed by atoms with Crippen molar-refractivity contribution in [2.75, 3.05) is 7.11 Å². The maximum Gasteiger partial charge on any atom is 0.137 e. The van der Waals surface area contributed by atoms with Crippen molar-refractivity contribution in [3.63, 3.8) is 0 Å². The SMILES string of the molecule is COc1ccc(-c2[nH]c3cc(F)ccc3c2Cn2cncn2)cc1. The van der Waals surface area contributed by atoms with Crippen LogP contribution in [0.3, 0.4) is 0 Å². The number of aromatic nitrogens is 4. The summed E-state index contributed by atoms with van der Waals surface area (Å²) in [6.07, 6.45) is 3.17. The van der Waals surface area contributed by atoms with Crippen LogP contribution in [-0.2, 0) is 6.54 Å². The number of hydrogen-bond donors (Lipinski definition) is 1. The first-order valence-corrected chi connectivity index (χ1v) is 7.51. The second kappa shape index (κ2) is 5.81. The topological polar surface area (TPSA) is 55.7 Å². The van der Waals surface area contributed by atoms with E-state index in [0.29, 0.717) is 6.54 Å². The average molecular weight is 322 g/mol. The second-order valence-corrected chi connectivity index (χ2v) is 5.49. The highest BCUT2D eigenvalue weighted by Crippen LogP contribution is 2.32. The van der Waals surface area contributed by atoms with E-state index in [1.165, 1.54) is 18.5 Å². The number of methoxy groups -OCH3 is 1. The van der Waals surface area contributed by atoms with Gasteiger partial charge in [0.25, 0.3) is 0 Å². The Labute approximate surface area is 137 Å². The summed E-state index contributed by atoms with van der Waals surface area (Å²) in [6.45, 7) is 0.549. The summed E-state index contributed by atoms with van der Waals surface area (Å²) in [5, 5.41) is 5.15. The minimum atomic E-state index is -0.266. The third kappa shape index (κ3) is 2.52. The van der Waals surface area contributed by atoms with Crippen molar-refractivity contribution in [3.8, 4) is 17.0 Å². The van der Waals surface area contributed by atoms with Gasteiger partial charge in [-0.2, -0.15) is 5.10 Å². The van der Waals surface area contributed by atoms with Gasteiger partial charge in [0.2, 0.25) is 0 Å². The molecule has 1 N–H and O–H groups in total. The molecule has 0 atom stereocenters. The number of rotatable bonds is 4. The minimum Gasteiger partial charge on any atom is -0.497 e. The summed E-state index contributed by atoms with van der Waals surface area (Å²) >= 11 is 0. The Hall–Kier alpha value is -3.15. The lowest BCUT2D eigenvalue weighted by molar-refractivity contribution is 0.415. The average Bonchev–Trinajstić information content (AvgIpc) is 3.23. The molecule has 0 saturated carbocycles. The van der Waals surface area contributed by atoms with Crippen LogP contribution >= 0.6 is 0 Å². The Morgan fingerprint density at radius 3 is 2.71 bits per heavy atom. The van der Waals surface area contributed by atoms with Crippen molar-refractivity contribution in [1.29, 1.82) is 0 Å². The third-order valence-corrected chi connectivity index (χ3v) is 4.03. The summed E-state index contributed by atoms with van der Waals surface area (Å²) in [6, 6.07) is 12.5. The van der Waals surface area contributed by atoms with Crippen LogP contribution in [0.4, 0.5) is 4.39 Å². The molecule has 0 fully saturated rings. The van der Waals surface area contributed by atoms with E-state index in [1.807, 2.05) is 24.3 Å². The van der Waals surface area contributed by atoms with E-state index in [-0.39, 0.29) is 5.82 Å². The molecule has 4 rings (SSSR count). The first-order valence-electron chi connectivity index (χ1n) is 7.51. The van der Waals surface area contributed by atoms with Crippen LogP contribution in [0.5, 0.6) is 5.75 Å². The van der Waals surface area contributed by atoms with Crippen molar-refractivity contribution < 1.29 is 9.13 Å². The lowest BCUT2D eigenvalue weighted by atomic mass is 10.0. The maximum atomic E-state index is 13.6. The molecule has 5 nitrogen and oxygen atoms in total. The molecule has 2 heterocycles. The highest BCUT2D eigenvalue weighted by molar-refractivity contribution is 5.90. The van der Waals surface area contributed by atoms with Gasteiger partial charge < -0.3 is 9.72 Å². The highest BCUT2D eigenvalue weighted by atomic mass is 19.1. The summed E-state index contributed by atoms with van der Waals surface area (Å²) in [4.78, 5) is 7.32. The van der Waals surface area contributed by atoms with Gasteiger partial charge in [0.15, 0.2) is 0 Å². The van der Waals surface area contributed by atoms with E-state index in [2.05, 4.69) is 15.1 Å². The van der Waals surface area contributed by atoms with Crippen LogP contribution < -0.4 is 4.74 Å². The smallest absolute Gasteiger partial charge is 0.137 e. The third-order valence-electron chi connectivity index (χ3n) is 4.03. The van der Waals surface area contributed by atoms with Gasteiger partial charge in [-0.25, -0.2) is 14.1 Å². The molecule has 0 aliphatic rings. The monoisotopic (exact) mass is 322 g/mol. The fraction of sp³-hybridized carbons (Fsp3) is 0.111. The maximum absolute atomic E-state index is 13.6. The molecular formula is C18H15FN4O. The summed E-state index contributed by atoms with van der Waals surface area (Å²) in [7, 11) is 1.64. The van der Waals surface area contributed by atoms with Crippen LogP contribution in [0.15, 0.2) is 55.1 Å². The van der Waals surface area contributed by atoms with Crippen LogP contribution in [-0.4, -0.2) is 26.9 Å². The van der Waals surface area contributed by atoms with Gasteiger partial charge in [0.1, 0.15) is 24.2 Å². The zero-order valence-corrected chi connectivity index (χ0v) is 13.0. The zero-order chi connectivity index (χ0) is 16.5. The van der Waals surface area contributed by atoms with Crippen molar-refractivity contribution in [2.45, 2.75) is 6.54 Å². The first kappa shape index (κ1) is 14.4. The number of ether oxygens (including phenoxy) is 1. The molecule has 120 valence electrons. The molecule has 0 unspecified atom stereocenters. The molecule has 24 heavy (non-hydrogen) atoms. The molecular weight excluding hydrogens is 307 g/mol. The standard InChI is InChI=1S/C18H15FN4O/c1-24-14-5-2-12(3-6-14)18-16(9-23-11-20-10-21-23)15-7-4-13(19)8-17(15)22-18/h2-8,10-11,22H,9H2,1H3.